The van der Waals surface area contributed by atoms with Gasteiger partial charge >= 0.3 is 5.97 Å². The molecule has 2 rings (SSSR count). The molecular weight excluding hydrogens is 298 g/mol. The number of aromatic amines is 1. The first-order chi connectivity index (χ1) is 11.0. The lowest BCUT2D eigenvalue weighted by Gasteiger charge is -2.20. The fourth-order valence-electron chi connectivity index (χ4n) is 2.43. The molecule has 2 aromatic rings. The minimum atomic E-state index is -1.01. The Kier molecular flexibility index (Phi) is 5.23. The average Bonchev–Trinajstić information content (AvgIpc) is 2.92. The van der Waals surface area contributed by atoms with E-state index >= 15 is 0 Å². The summed E-state index contributed by atoms with van der Waals surface area (Å²) in [5.74, 6) is -0.0565. The van der Waals surface area contributed by atoms with E-state index in [2.05, 4.69) is 10.2 Å². The minimum Gasteiger partial charge on any atom is -0.497 e. The van der Waals surface area contributed by atoms with E-state index in [9.17, 15) is 9.90 Å². The molecule has 0 fully saturated rings. The molecule has 7 heteroatoms. The minimum absolute atomic E-state index is 0.178. The largest absolute Gasteiger partial charge is 0.497 e. The number of aromatic nitrogens is 2. The highest BCUT2D eigenvalue weighted by atomic mass is 16.5. The summed E-state index contributed by atoms with van der Waals surface area (Å²) in [4.78, 5) is 13.6. The van der Waals surface area contributed by atoms with Crippen molar-refractivity contribution in [1.29, 1.82) is 0 Å². The van der Waals surface area contributed by atoms with Gasteiger partial charge < -0.3 is 14.6 Å². The second-order valence-electron chi connectivity index (χ2n) is 5.35. The SMILES string of the molecule is COc1cc(OC)c(CN(C)Cc2cn[nH]c2C)c(C(=O)O)c1. The van der Waals surface area contributed by atoms with Crippen LogP contribution in [0.15, 0.2) is 18.3 Å². The van der Waals surface area contributed by atoms with Crippen molar-refractivity contribution in [3.8, 4) is 11.5 Å². The first-order valence-electron chi connectivity index (χ1n) is 7.11. The molecule has 23 heavy (non-hydrogen) atoms. The maximum absolute atomic E-state index is 11.6. The molecule has 1 heterocycles. The number of carboxylic acid groups (broad SMARTS) is 1. The van der Waals surface area contributed by atoms with Gasteiger partial charge in [-0.1, -0.05) is 0 Å². The van der Waals surface area contributed by atoms with Gasteiger partial charge in [0.15, 0.2) is 0 Å². The Morgan fingerprint density at radius 3 is 2.57 bits per heavy atom. The van der Waals surface area contributed by atoms with E-state index < -0.39 is 5.97 Å². The highest BCUT2D eigenvalue weighted by molar-refractivity contribution is 5.91. The Hall–Kier alpha value is -2.54. The number of carboxylic acids is 1. The van der Waals surface area contributed by atoms with Crippen molar-refractivity contribution >= 4 is 5.97 Å². The zero-order valence-corrected chi connectivity index (χ0v) is 13.7. The van der Waals surface area contributed by atoms with Gasteiger partial charge in [-0.3, -0.25) is 10.00 Å². The molecule has 1 aromatic heterocycles. The van der Waals surface area contributed by atoms with Crippen molar-refractivity contribution in [3.63, 3.8) is 0 Å². The first kappa shape index (κ1) is 16.8. The molecule has 0 saturated carbocycles. The van der Waals surface area contributed by atoms with Crippen molar-refractivity contribution in [1.82, 2.24) is 15.1 Å². The van der Waals surface area contributed by atoms with Gasteiger partial charge in [0.25, 0.3) is 0 Å². The van der Waals surface area contributed by atoms with Crippen LogP contribution in [0.1, 0.15) is 27.2 Å². The fraction of sp³-hybridized carbons (Fsp3) is 0.375. The maximum Gasteiger partial charge on any atom is 0.336 e. The molecule has 0 aliphatic heterocycles. The van der Waals surface area contributed by atoms with Crippen LogP contribution in [-0.4, -0.2) is 47.4 Å². The van der Waals surface area contributed by atoms with Crippen LogP contribution < -0.4 is 9.47 Å². The van der Waals surface area contributed by atoms with E-state index in [0.717, 1.165) is 11.3 Å². The van der Waals surface area contributed by atoms with Gasteiger partial charge in [0, 0.05) is 36.0 Å². The van der Waals surface area contributed by atoms with Crippen LogP contribution in [0.2, 0.25) is 0 Å². The number of aromatic carboxylic acids is 1. The Labute approximate surface area is 134 Å². The van der Waals surface area contributed by atoms with E-state index in [1.54, 1.807) is 12.3 Å². The van der Waals surface area contributed by atoms with Gasteiger partial charge in [0.05, 0.1) is 26.0 Å². The number of ether oxygens (including phenoxy) is 2. The molecule has 0 unspecified atom stereocenters. The zero-order valence-electron chi connectivity index (χ0n) is 13.7. The van der Waals surface area contributed by atoms with Crippen molar-refractivity contribution in [2.24, 2.45) is 0 Å². The van der Waals surface area contributed by atoms with E-state index in [-0.39, 0.29) is 5.56 Å². The normalized spacial score (nSPS) is 10.8. The lowest BCUT2D eigenvalue weighted by molar-refractivity contribution is 0.0693. The van der Waals surface area contributed by atoms with Crippen molar-refractivity contribution in [2.75, 3.05) is 21.3 Å². The maximum atomic E-state index is 11.6. The lowest BCUT2D eigenvalue weighted by Crippen LogP contribution is -2.20. The lowest BCUT2D eigenvalue weighted by atomic mass is 10.0. The summed E-state index contributed by atoms with van der Waals surface area (Å²) < 4.78 is 10.5. The Balaban J connectivity index is 2.30. The van der Waals surface area contributed by atoms with E-state index in [4.69, 9.17) is 9.47 Å². The molecule has 0 aliphatic carbocycles. The van der Waals surface area contributed by atoms with Gasteiger partial charge in [-0.15, -0.1) is 0 Å². The molecule has 0 aliphatic rings. The summed E-state index contributed by atoms with van der Waals surface area (Å²) in [6, 6.07) is 3.20. The number of aryl methyl sites for hydroxylation is 1. The van der Waals surface area contributed by atoms with Crippen molar-refractivity contribution in [2.45, 2.75) is 20.0 Å². The average molecular weight is 319 g/mol. The number of carbonyl (C=O) groups is 1. The molecule has 0 radical (unpaired) electrons. The van der Waals surface area contributed by atoms with Gasteiger partial charge in [-0.25, -0.2) is 4.79 Å². The van der Waals surface area contributed by atoms with Gasteiger partial charge in [-0.2, -0.15) is 5.10 Å². The fourth-order valence-corrected chi connectivity index (χ4v) is 2.43. The monoisotopic (exact) mass is 319 g/mol. The molecule has 2 N–H and O–H groups in total. The Morgan fingerprint density at radius 2 is 2.04 bits per heavy atom. The number of methoxy groups -OCH3 is 2. The number of nitrogens with zero attached hydrogens (tertiary/aromatic N) is 2. The quantitative estimate of drug-likeness (QED) is 0.812. The summed E-state index contributed by atoms with van der Waals surface area (Å²) in [5, 5.41) is 16.4. The third-order valence-electron chi connectivity index (χ3n) is 3.67. The second kappa shape index (κ2) is 7.15. The van der Waals surface area contributed by atoms with Crippen LogP contribution in [0.5, 0.6) is 11.5 Å². The second-order valence-corrected chi connectivity index (χ2v) is 5.35. The number of nitrogens with one attached hydrogen (secondary N) is 1. The van der Waals surface area contributed by atoms with E-state index in [0.29, 0.717) is 30.2 Å². The van der Waals surface area contributed by atoms with E-state index in [1.807, 2.05) is 18.9 Å². The predicted octanol–water partition coefficient (Wildman–Crippen LogP) is 2.07. The summed E-state index contributed by atoms with van der Waals surface area (Å²) in [6.45, 7) is 3.03. The third-order valence-corrected chi connectivity index (χ3v) is 3.67. The number of hydrogen-bond acceptors (Lipinski definition) is 5. The van der Waals surface area contributed by atoms with Crippen molar-refractivity contribution in [3.05, 3.63) is 40.7 Å². The topological polar surface area (TPSA) is 87.7 Å². The van der Waals surface area contributed by atoms with Gasteiger partial charge in [0.2, 0.25) is 0 Å². The molecule has 0 bridgehead atoms. The predicted molar refractivity (Wildman–Crippen MR) is 85.0 cm³/mol. The highest BCUT2D eigenvalue weighted by Crippen LogP contribution is 2.30. The van der Waals surface area contributed by atoms with Crippen LogP contribution in [0.3, 0.4) is 0 Å². The molecule has 0 spiro atoms. The molecule has 124 valence electrons. The van der Waals surface area contributed by atoms with Gasteiger partial charge in [0.1, 0.15) is 11.5 Å². The molecule has 0 atom stereocenters. The Morgan fingerprint density at radius 1 is 1.30 bits per heavy atom. The summed E-state index contributed by atoms with van der Waals surface area (Å²) in [7, 11) is 4.93. The van der Waals surface area contributed by atoms with Crippen LogP contribution in [0, 0.1) is 6.92 Å². The molecule has 1 aromatic carbocycles. The van der Waals surface area contributed by atoms with Crippen LogP contribution in [0.25, 0.3) is 0 Å². The zero-order chi connectivity index (χ0) is 17.0. The molecule has 0 saturated heterocycles. The van der Waals surface area contributed by atoms with Crippen LogP contribution >= 0.6 is 0 Å². The number of H-pyrrole nitrogens is 1. The summed E-state index contributed by atoms with van der Waals surface area (Å²) in [6.07, 6.45) is 1.77. The highest BCUT2D eigenvalue weighted by Gasteiger charge is 2.19. The molecule has 7 nitrogen and oxygen atoms in total. The van der Waals surface area contributed by atoms with Gasteiger partial charge in [-0.05, 0) is 20.0 Å². The summed E-state index contributed by atoms with van der Waals surface area (Å²) >= 11 is 0. The van der Waals surface area contributed by atoms with Crippen molar-refractivity contribution < 1.29 is 19.4 Å². The van der Waals surface area contributed by atoms with Crippen LogP contribution in [0.4, 0.5) is 0 Å². The number of hydrogen-bond donors (Lipinski definition) is 2. The third kappa shape index (κ3) is 3.81. The number of rotatable bonds is 7. The molecule has 0 amide bonds. The first-order valence-corrected chi connectivity index (χ1v) is 7.11. The number of benzene rings is 1. The molecular formula is C16H21N3O4. The smallest absolute Gasteiger partial charge is 0.336 e. The van der Waals surface area contributed by atoms with Crippen LogP contribution in [-0.2, 0) is 13.1 Å². The van der Waals surface area contributed by atoms with E-state index in [1.165, 1.54) is 20.3 Å². The Bertz CT molecular complexity index is 697. The summed E-state index contributed by atoms with van der Waals surface area (Å²) in [5.41, 5.74) is 2.86. The standard InChI is InChI=1S/C16H21N3O4/c1-10-11(7-17-18-10)8-19(2)9-14-13(16(20)21)5-12(22-3)6-15(14)23-4/h5-7H,8-9H2,1-4H3,(H,17,18)(H,20,21).